The standard InChI is InChI=1S/C13H20N2O/c1-10-5-6-13-12(8-10)15(2)11(9-16-13)4-3-7-14/h5-6,8,11H,3-4,7,9,14H2,1-2H3. The average molecular weight is 220 g/mol. The van der Waals surface area contributed by atoms with Crippen molar-refractivity contribution < 1.29 is 4.74 Å². The zero-order valence-electron chi connectivity index (χ0n) is 10.1. The van der Waals surface area contributed by atoms with Gasteiger partial charge in [-0.1, -0.05) is 6.07 Å². The Balaban J connectivity index is 2.17. The van der Waals surface area contributed by atoms with Crippen molar-refractivity contribution in [2.24, 2.45) is 5.73 Å². The molecule has 0 saturated heterocycles. The lowest BCUT2D eigenvalue weighted by Gasteiger charge is -2.36. The Morgan fingerprint density at radius 3 is 3.06 bits per heavy atom. The third-order valence-corrected chi connectivity index (χ3v) is 3.21. The molecule has 0 amide bonds. The molecule has 1 atom stereocenters. The molecule has 0 radical (unpaired) electrons. The first-order valence-corrected chi connectivity index (χ1v) is 5.88. The highest BCUT2D eigenvalue weighted by atomic mass is 16.5. The van der Waals surface area contributed by atoms with E-state index >= 15 is 0 Å². The van der Waals surface area contributed by atoms with Crippen LogP contribution < -0.4 is 15.4 Å². The zero-order valence-corrected chi connectivity index (χ0v) is 10.1. The Bertz CT molecular complexity index is 365. The molecule has 0 aliphatic carbocycles. The van der Waals surface area contributed by atoms with Crippen molar-refractivity contribution in [2.75, 3.05) is 25.1 Å². The van der Waals surface area contributed by atoms with Crippen LogP contribution in [0.3, 0.4) is 0 Å². The summed E-state index contributed by atoms with van der Waals surface area (Å²) in [6.45, 7) is 3.63. The number of anilines is 1. The Hall–Kier alpha value is -1.22. The van der Waals surface area contributed by atoms with E-state index in [1.54, 1.807) is 0 Å². The second kappa shape index (κ2) is 4.74. The van der Waals surface area contributed by atoms with Gasteiger partial charge in [0.05, 0.1) is 11.7 Å². The van der Waals surface area contributed by atoms with Crippen molar-refractivity contribution in [3.05, 3.63) is 23.8 Å². The Kier molecular flexibility index (Phi) is 3.34. The molecule has 0 bridgehead atoms. The minimum Gasteiger partial charge on any atom is -0.489 e. The number of hydrogen-bond donors (Lipinski definition) is 1. The third-order valence-electron chi connectivity index (χ3n) is 3.21. The number of hydrogen-bond acceptors (Lipinski definition) is 3. The van der Waals surface area contributed by atoms with Gasteiger partial charge in [-0.3, -0.25) is 0 Å². The molecule has 3 nitrogen and oxygen atoms in total. The van der Waals surface area contributed by atoms with Crippen LogP contribution in [0.4, 0.5) is 5.69 Å². The maximum absolute atomic E-state index is 5.78. The number of aryl methyl sites for hydroxylation is 1. The molecule has 0 spiro atoms. The van der Waals surface area contributed by atoms with E-state index in [0.717, 1.165) is 31.7 Å². The minimum atomic E-state index is 0.456. The van der Waals surface area contributed by atoms with Gasteiger partial charge in [0, 0.05) is 7.05 Å². The fourth-order valence-corrected chi connectivity index (χ4v) is 2.15. The van der Waals surface area contributed by atoms with Crippen LogP contribution in [0.1, 0.15) is 18.4 Å². The van der Waals surface area contributed by atoms with Gasteiger partial charge in [0.25, 0.3) is 0 Å². The number of fused-ring (bicyclic) bond motifs is 1. The van der Waals surface area contributed by atoms with E-state index in [-0.39, 0.29) is 0 Å². The van der Waals surface area contributed by atoms with Crippen molar-refractivity contribution in [3.8, 4) is 5.75 Å². The summed E-state index contributed by atoms with van der Waals surface area (Å²) in [6, 6.07) is 6.79. The molecule has 1 aromatic carbocycles. The Labute approximate surface area is 97.2 Å². The van der Waals surface area contributed by atoms with Crippen molar-refractivity contribution in [1.29, 1.82) is 0 Å². The molecule has 2 N–H and O–H groups in total. The normalized spacial score (nSPS) is 19.2. The van der Waals surface area contributed by atoms with Crippen LogP contribution in [0.2, 0.25) is 0 Å². The van der Waals surface area contributed by atoms with E-state index in [2.05, 4.69) is 37.1 Å². The summed E-state index contributed by atoms with van der Waals surface area (Å²) in [5, 5.41) is 0. The number of ether oxygens (including phenoxy) is 1. The molecule has 3 heteroatoms. The number of likely N-dealkylation sites (N-methyl/N-ethyl adjacent to an activating group) is 1. The number of rotatable bonds is 3. The van der Waals surface area contributed by atoms with Gasteiger partial charge < -0.3 is 15.4 Å². The molecule has 1 aliphatic rings. The van der Waals surface area contributed by atoms with Crippen molar-refractivity contribution in [3.63, 3.8) is 0 Å². The summed E-state index contributed by atoms with van der Waals surface area (Å²) in [5.74, 6) is 0.997. The molecule has 0 fully saturated rings. The average Bonchev–Trinajstić information content (AvgIpc) is 2.29. The molecule has 1 aliphatic heterocycles. The second-order valence-corrected chi connectivity index (χ2v) is 4.48. The van der Waals surface area contributed by atoms with E-state index in [4.69, 9.17) is 10.5 Å². The largest absolute Gasteiger partial charge is 0.489 e. The first-order valence-electron chi connectivity index (χ1n) is 5.88. The summed E-state index contributed by atoms with van der Waals surface area (Å²) in [7, 11) is 2.14. The predicted molar refractivity (Wildman–Crippen MR) is 67.2 cm³/mol. The summed E-state index contributed by atoms with van der Waals surface area (Å²) >= 11 is 0. The summed E-state index contributed by atoms with van der Waals surface area (Å²) < 4.78 is 5.78. The molecule has 16 heavy (non-hydrogen) atoms. The van der Waals surface area contributed by atoms with E-state index in [9.17, 15) is 0 Å². The Morgan fingerprint density at radius 2 is 2.31 bits per heavy atom. The van der Waals surface area contributed by atoms with E-state index in [1.165, 1.54) is 11.3 Å². The van der Waals surface area contributed by atoms with Gasteiger partial charge in [0.15, 0.2) is 0 Å². The lowest BCUT2D eigenvalue weighted by Crippen LogP contribution is -2.40. The smallest absolute Gasteiger partial charge is 0.142 e. The summed E-state index contributed by atoms with van der Waals surface area (Å²) in [6.07, 6.45) is 2.15. The lowest BCUT2D eigenvalue weighted by atomic mass is 10.1. The van der Waals surface area contributed by atoms with Crippen LogP contribution in [0.15, 0.2) is 18.2 Å². The summed E-state index contributed by atoms with van der Waals surface area (Å²) in [4.78, 5) is 2.32. The van der Waals surface area contributed by atoms with Gasteiger partial charge in [-0.15, -0.1) is 0 Å². The number of nitrogens with two attached hydrogens (primary N) is 1. The van der Waals surface area contributed by atoms with Crippen molar-refractivity contribution in [2.45, 2.75) is 25.8 Å². The van der Waals surface area contributed by atoms with E-state index < -0.39 is 0 Å². The molecule has 88 valence electrons. The van der Waals surface area contributed by atoms with Crippen LogP contribution in [0.5, 0.6) is 5.75 Å². The predicted octanol–water partition coefficient (Wildman–Crippen LogP) is 1.93. The molecule has 0 aromatic heterocycles. The maximum atomic E-state index is 5.78. The van der Waals surface area contributed by atoms with Crippen LogP contribution in [-0.2, 0) is 0 Å². The first-order chi connectivity index (χ1) is 7.72. The van der Waals surface area contributed by atoms with Crippen molar-refractivity contribution in [1.82, 2.24) is 0 Å². The van der Waals surface area contributed by atoms with E-state index in [1.807, 2.05) is 0 Å². The highest BCUT2D eigenvalue weighted by Gasteiger charge is 2.23. The molecule has 0 saturated carbocycles. The van der Waals surface area contributed by atoms with Gasteiger partial charge in [0.1, 0.15) is 12.4 Å². The second-order valence-electron chi connectivity index (χ2n) is 4.48. The van der Waals surface area contributed by atoms with Crippen LogP contribution in [0.25, 0.3) is 0 Å². The monoisotopic (exact) mass is 220 g/mol. The third kappa shape index (κ3) is 2.14. The highest BCUT2D eigenvalue weighted by molar-refractivity contribution is 5.61. The zero-order chi connectivity index (χ0) is 11.5. The fourth-order valence-electron chi connectivity index (χ4n) is 2.15. The SMILES string of the molecule is Cc1ccc2c(c1)N(C)C(CCCN)CO2. The quantitative estimate of drug-likeness (QED) is 0.846. The first kappa shape index (κ1) is 11.3. The molecular formula is C13H20N2O. The molecule has 1 heterocycles. The van der Waals surface area contributed by atoms with Crippen LogP contribution in [-0.4, -0.2) is 26.2 Å². The van der Waals surface area contributed by atoms with Gasteiger partial charge in [-0.2, -0.15) is 0 Å². The van der Waals surface area contributed by atoms with Gasteiger partial charge >= 0.3 is 0 Å². The molecule has 2 rings (SSSR count). The van der Waals surface area contributed by atoms with Crippen LogP contribution in [0, 0.1) is 6.92 Å². The molecular weight excluding hydrogens is 200 g/mol. The van der Waals surface area contributed by atoms with Gasteiger partial charge in [0.2, 0.25) is 0 Å². The summed E-state index contributed by atoms with van der Waals surface area (Å²) in [5.41, 5.74) is 8.02. The number of nitrogens with zero attached hydrogens (tertiary/aromatic N) is 1. The van der Waals surface area contributed by atoms with Gasteiger partial charge in [-0.25, -0.2) is 0 Å². The fraction of sp³-hybridized carbons (Fsp3) is 0.538. The number of benzene rings is 1. The Morgan fingerprint density at radius 1 is 1.50 bits per heavy atom. The molecule has 1 unspecified atom stereocenters. The topological polar surface area (TPSA) is 38.5 Å². The maximum Gasteiger partial charge on any atom is 0.142 e. The highest BCUT2D eigenvalue weighted by Crippen LogP contribution is 2.34. The van der Waals surface area contributed by atoms with Crippen LogP contribution >= 0.6 is 0 Å². The van der Waals surface area contributed by atoms with Gasteiger partial charge in [-0.05, 0) is 44.0 Å². The lowest BCUT2D eigenvalue weighted by molar-refractivity contribution is 0.258. The van der Waals surface area contributed by atoms with Crippen molar-refractivity contribution >= 4 is 5.69 Å². The molecule has 1 aromatic rings. The van der Waals surface area contributed by atoms with E-state index in [0.29, 0.717) is 6.04 Å². The minimum absolute atomic E-state index is 0.456.